The van der Waals surface area contributed by atoms with E-state index in [2.05, 4.69) is 15.9 Å². The number of amides is 1. The molecule has 0 N–H and O–H groups in total. The molecule has 0 aliphatic carbocycles. The van der Waals surface area contributed by atoms with E-state index >= 15 is 0 Å². The maximum absolute atomic E-state index is 13.7. The van der Waals surface area contributed by atoms with Crippen LogP contribution < -0.4 is 0 Å². The predicted octanol–water partition coefficient (Wildman–Crippen LogP) is 3.92. The van der Waals surface area contributed by atoms with Crippen molar-refractivity contribution in [2.45, 2.75) is 58.2 Å². The van der Waals surface area contributed by atoms with Crippen LogP contribution in [0.3, 0.4) is 0 Å². The van der Waals surface area contributed by atoms with Crippen LogP contribution in [0.25, 0.3) is 0 Å². The van der Waals surface area contributed by atoms with E-state index in [9.17, 15) is 14.0 Å². The molecule has 0 aromatic heterocycles. The van der Waals surface area contributed by atoms with Crippen molar-refractivity contribution < 1.29 is 18.7 Å². The number of hydrogen-bond acceptors (Lipinski definition) is 3. The number of benzene rings is 1. The minimum Gasteiger partial charge on any atom is -0.449 e. The average Bonchev–Trinajstić information content (AvgIpc) is 2.49. The highest BCUT2D eigenvalue weighted by molar-refractivity contribution is 9.10. The number of nitrogens with zero attached hydrogens (tertiary/aromatic N) is 1. The topological polar surface area (TPSA) is 46.6 Å². The summed E-state index contributed by atoms with van der Waals surface area (Å²) >= 11 is 3.19. The zero-order valence-electron chi connectivity index (χ0n) is 13.5. The van der Waals surface area contributed by atoms with Gasteiger partial charge in [0.05, 0.1) is 5.56 Å². The quantitative estimate of drug-likeness (QED) is 0.740. The van der Waals surface area contributed by atoms with Crippen molar-refractivity contribution in [3.63, 3.8) is 0 Å². The number of rotatable bonds is 3. The van der Waals surface area contributed by atoms with Crippen LogP contribution in [0.1, 0.15) is 50.4 Å². The van der Waals surface area contributed by atoms with Crippen molar-refractivity contribution >= 4 is 27.8 Å². The lowest BCUT2D eigenvalue weighted by Gasteiger charge is -2.40. The third-order valence-electron chi connectivity index (χ3n) is 4.23. The van der Waals surface area contributed by atoms with Gasteiger partial charge in [-0.2, -0.15) is 0 Å². The molecule has 1 aliphatic heterocycles. The lowest BCUT2D eigenvalue weighted by atomic mass is 9.97. The number of carbonyl (C=O) groups excluding carboxylic acids is 2. The van der Waals surface area contributed by atoms with E-state index in [1.165, 1.54) is 25.1 Å². The minimum atomic E-state index is -0.941. The van der Waals surface area contributed by atoms with Gasteiger partial charge in [0.25, 0.3) is 5.91 Å². The van der Waals surface area contributed by atoms with Crippen molar-refractivity contribution in [3.05, 3.63) is 34.1 Å². The third-order valence-corrected chi connectivity index (χ3v) is 4.72. The van der Waals surface area contributed by atoms with Crippen LogP contribution in [0.4, 0.5) is 4.39 Å². The molecule has 0 radical (unpaired) electrons. The van der Waals surface area contributed by atoms with E-state index in [1.54, 1.807) is 4.90 Å². The van der Waals surface area contributed by atoms with Gasteiger partial charge in [-0.15, -0.1) is 0 Å². The van der Waals surface area contributed by atoms with E-state index in [4.69, 9.17) is 4.74 Å². The number of ether oxygens (including phenoxy) is 1. The van der Waals surface area contributed by atoms with Gasteiger partial charge in [0.1, 0.15) is 5.82 Å². The molecule has 0 spiro atoms. The van der Waals surface area contributed by atoms with Crippen LogP contribution in [0.5, 0.6) is 0 Å². The fourth-order valence-electron chi connectivity index (χ4n) is 2.99. The van der Waals surface area contributed by atoms with Gasteiger partial charge < -0.3 is 9.64 Å². The highest BCUT2D eigenvalue weighted by atomic mass is 79.9. The summed E-state index contributed by atoms with van der Waals surface area (Å²) in [5.74, 6) is -1.73. The Morgan fingerprint density at radius 3 is 2.52 bits per heavy atom. The smallest absolute Gasteiger partial charge is 0.341 e. The first-order chi connectivity index (χ1) is 10.8. The summed E-state index contributed by atoms with van der Waals surface area (Å²) in [4.78, 5) is 26.5. The Labute approximate surface area is 144 Å². The number of carbonyl (C=O) groups is 2. The molecule has 0 unspecified atom stereocenters. The molecule has 2 rings (SSSR count). The molecule has 6 heteroatoms. The lowest BCUT2D eigenvalue weighted by molar-refractivity contribution is -0.146. The second-order valence-corrected chi connectivity index (χ2v) is 6.96. The average molecular weight is 386 g/mol. The molecule has 1 saturated heterocycles. The molecular weight excluding hydrogens is 365 g/mol. The highest BCUT2D eigenvalue weighted by Crippen LogP contribution is 2.24. The fraction of sp³-hybridized carbons (Fsp3) is 0.529. The fourth-order valence-corrected chi connectivity index (χ4v) is 3.36. The summed E-state index contributed by atoms with van der Waals surface area (Å²) < 4.78 is 19.5. The van der Waals surface area contributed by atoms with Crippen LogP contribution in [-0.2, 0) is 9.53 Å². The van der Waals surface area contributed by atoms with Gasteiger partial charge in [0, 0.05) is 16.6 Å². The van der Waals surface area contributed by atoms with Gasteiger partial charge in [0.15, 0.2) is 6.10 Å². The van der Waals surface area contributed by atoms with Crippen LogP contribution >= 0.6 is 15.9 Å². The Hall–Kier alpha value is -1.43. The SMILES string of the molecule is C[C@@H]1CCC[C@H](C)N1C(=O)[C@@H](C)OC(=O)c1cc(Br)ccc1F. The standard InChI is InChI=1S/C17H21BrFNO3/c1-10-5-4-6-11(2)20(10)16(21)12(3)23-17(22)14-9-13(18)7-8-15(14)19/h7-12H,4-6H2,1-3H3/t10-,11+,12-/m1/s1. The molecule has 3 atom stereocenters. The molecule has 1 heterocycles. The normalized spacial score (nSPS) is 22.6. The molecule has 126 valence electrons. The number of halogens is 2. The molecule has 1 amide bonds. The van der Waals surface area contributed by atoms with E-state index in [0.717, 1.165) is 19.3 Å². The van der Waals surface area contributed by atoms with Crippen molar-refractivity contribution in [1.29, 1.82) is 0 Å². The van der Waals surface area contributed by atoms with Gasteiger partial charge in [-0.3, -0.25) is 4.79 Å². The monoisotopic (exact) mass is 385 g/mol. The maximum atomic E-state index is 13.7. The Balaban J connectivity index is 2.08. The first kappa shape index (κ1) is 17.9. The van der Waals surface area contributed by atoms with Crippen molar-refractivity contribution in [2.75, 3.05) is 0 Å². The summed E-state index contributed by atoms with van der Waals surface area (Å²) in [6.45, 7) is 5.52. The molecular formula is C17H21BrFNO3. The molecule has 1 aromatic rings. The van der Waals surface area contributed by atoms with Crippen molar-refractivity contribution in [1.82, 2.24) is 4.90 Å². The van der Waals surface area contributed by atoms with Crippen LogP contribution in [0.15, 0.2) is 22.7 Å². The Kier molecular flexibility index (Phi) is 5.79. The van der Waals surface area contributed by atoms with Gasteiger partial charge in [-0.1, -0.05) is 15.9 Å². The summed E-state index contributed by atoms with van der Waals surface area (Å²) in [5, 5.41) is 0. The largest absolute Gasteiger partial charge is 0.449 e. The zero-order chi connectivity index (χ0) is 17.1. The number of likely N-dealkylation sites (tertiary alicyclic amines) is 1. The van der Waals surface area contributed by atoms with Gasteiger partial charge >= 0.3 is 5.97 Å². The van der Waals surface area contributed by atoms with Crippen molar-refractivity contribution in [2.24, 2.45) is 0 Å². The van der Waals surface area contributed by atoms with E-state index < -0.39 is 17.9 Å². The van der Waals surface area contributed by atoms with Crippen LogP contribution in [0.2, 0.25) is 0 Å². The Morgan fingerprint density at radius 2 is 1.91 bits per heavy atom. The first-order valence-corrected chi connectivity index (χ1v) is 8.58. The Bertz CT molecular complexity index is 598. The molecule has 4 nitrogen and oxygen atoms in total. The van der Waals surface area contributed by atoms with Crippen molar-refractivity contribution in [3.8, 4) is 0 Å². The molecule has 23 heavy (non-hydrogen) atoms. The number of esters is 1. The van der Waals surface area contributed by atoms with Gasteiger partial charge in [-0.25, -0.2) is 9.18 Å². The highest BCUT2D eigenvalue weighted by Gasteiger charge is 2.33. The molecule has 0 saturated carbocycles. The second-order valence-electron chi connectivity index (χ2n) is 6.05. The minimum absolute atomic E-state index is 0.120. The lowest BCUT2D eigenvalue weighted by Crippen LogP contribution is -2.51. The number of hydrogen-bond donors (Lipinski definition) is 0. The van der Waals surface area contributed by atoms with Crippen LogP contribution in [0, 0.1) is 5.82 Å². The van der Waals surface area contributed by atoms with E-state index in [0.29, 0.717) is 4.47 Å². The van der Waals surface area contributed by atoms with E-state index in [-0.39, 0.29) is 23.6 Å². The third kappa shape index (κ3) is 4.10. The molecule has 1 fully saturated rings. The Morgan fingerprint density at radius 1 is 1.30 bits per heavy atom. The zero-order valence-corrected chi connectivity index (χ0v) is 15.1. The summed E-state index contributed by atoms with van der Waals surface area (Å²) in [5.41, 5.74) is -0.182. The molecule has 1 aromatic carbocycles. The molecule has 0 bridgehead atoms. The summed E-state index contributed by atoms with van der Waals surface area (Å²) in [6, 6.07) is 4.27. The maximum Gasteiger partial charge on any atom is 0.341 e. The first-order valence-electron chi connectivity index (χ1n) is 7.79. The number of piperidine rings is 1. The molecule has 1 aliphatic rings. The van der Waals surface area contributed by atoms with E-state index in [1.807, 2.05) is 13.8 Å². The second kappa shape index (κ2) is 7.43. The summed E-state index contributed by atoms with van der Waals surface area (Å²) in [6.07, 6.45) is 2.03. The van der Waals surface area contributed by atoms with Gasteiger partial charge in [-0.05, 0) is 58.2 Å². The predicted molar refractivity (Wildman–Crippen MR) is 88.6 cm³/mol. The van der Waals surface area contributed by atoms with Gasteiger partial charge in [0.2, 0.25) is 0 Å². The van der Waals surface area contributed by atoms with Crippen LogP contribution in [-0.4, -0.2) is 35.0 Å². The summed E-state index contributed by atoms with van der Waals surface area (Å²) in [7, 11) is 0.